The van der Waals surface area contributed by atoms with E-state index in [1.54, 1.807) is 30.4 Å². The summed E-state index contributed by atoms with van der Waals surface area (Å²) in [6.07, 6.45) is 0. The molecule has 0 aliphatic rings. The molecule has 1 aromatic heterocycles. The molecule has 0 bridgehead atoms. The van der Waals surface area contributed by atoms with Gasteiger partial charge < -0.3 is 5.32 Å². The van der Waals surface area contributed by atoms with Crippen molar-refractivity contribution in [3.8, 4) is 11.3 Å². The molecule has 1 amide bonds. The van der Waals surface area contributed by atoms with Gasteiger partial charge in [0.15, 0.2) is 0 Å². The van der Waals surface area contributed by atoms with E-state index in [0.29, 0.717) is 11.3 Å². The second-order valence-electron chi connectivity index (χ2n) is 5.49. The van der Waals surface area contributed by atoms with Gasteiger partial charge in [0, 0.05) is 33.8 Å². The predicted octanol–water partition coefficient (Wildman–Crippen LogP) is 4.59. The number of nitro benzene ring substituents is 1. The van der Waals surface area contributed by atoms with Crippen molar-refractivity contribution in [3.63, 3.8) is 0 Å². The highest BCUT2D eigenvalue weighted by molar-refractivity contribution is 7.09. The van der Waals surface area contributed by atoms with Crippen LogP contribution in [-0.2, 0) is 0 Å². The Bertz CT molecular complexity index is 966. The van der Waals surface area contributed by atoms with Crippen molar-refractivity contribution in [2.75, 3.05) is 5.32 Å². The fourth-order valence-electron chi connectivity index (χ4n) is 2.52. The van der Waals surface area contributed by atoms with Gasteiger partial charge in [-0.15, -0.1) is 11.3 Å². The molecule has 1 heterocycles. The summed E-state index contributed by atoms with van der Waals surface area (Å²) in [5.41, 5.74) is 2.92. The molecule has 3 aromatic rings. The first-order valence-electron chi connectivity index (χ1n) is 7.53. The minimum Gasteiger partial charge on any atom is -0.322 e. The number of benzene rings is 2. The molecule has 7 heteroatoms. The molecule has 0 saturated carbocycles. The van der Waals surface area contributed by atoms with E-state index in [2.05, 4.69) is 10.3 Å². The molecule has 3 rings (SSSR count). The van der Waals surface area contributed by atoms with Crippen LogP contribution in [0.3, 0.4) is 0 Å². The number of nitrogens with zero attached hydrogens (tertiary/aromatic N) is 2. The second kappa shape index (κ2) is 6.82. The van der Waals surface area contributed by atoms with Crippen LogP contribution in [0.5, 0.6) is 0 Å². The molecule has 0 aliphatic carbocycles. The predicted molar refractivity (Wildman–Crippen MR) is 98.1 cm³/mol. The SMILES string of the molecule is Cc1nc(-c2cccc(NC(=O)c3cccc([N+](=O)[O-])c3C)c2)cs1. The first kappa shape index (κ1) is 16.8. The van der Waals surface area contributed by atoms with Gasteiger partial charge in [-0.3, -0.25) is 14.9 Å². The van der Waals surface area contributed by atoms with E-state index in [0.717, 1.165) is 16.3 Å². The average Bonchev–Trinajstić information content (AvgIpc) is 3.01. The summed E-state index contributed by atoms with van der Waals surface area (Å²) in [6.45, 7) is 3.51. The zero-order valence-corrected chi connectivity index (χ0v) is 14.5. The van der Waals surface area contributed by atoms with Gasteiger partial charge in [0.2, 0.25) is 0 Å². The zero-order valence-electron chi connectivity index (χ0n) is 13.6. The number of thiazole rings is 1. The van der Waals surface area contributed by atoms with Crippen molar-refractivity contribution in [2.45, 2.75) is 13.8 Å². The topological polar surface area (TPSA) is 85.1 Å². The number of hydrogen-bond donors (Lipinski definition) is 1. The maximum Gasteiger partial charge on any atom is 0.273 e. The Morgan fingerprint density at radius 3 is 2.64 bits per heavy atom. The number of carbonyl (C=O) groups excluding carboxylic acids is 1. The van der Waals surface area contributed by atoms with Gasteiger partial charge in [-0.25, -0.2) is 4.98 Å². The van der Waals surface area contributed by atoms with E-state index in [-0.39, 0.29) is 17.2 Å². The van der Waals surface area contributed by atoms with Gasteiger partial charge in [-0.1, -0.05) is 18.2 Å². The molecule has 0 radical (unpaired) electrons. The van der Waals surface area contributed by atoms with Gasteiger partial charge in [0.25, 0.3) is 11.6 Å². The Morgan fingerprint density at radius 2 is 1.96 bits per heavy atom. The molecular weight excluding hydrogens is 338 g/mol. The van der Waals surface area contributed by atoms with Gasteiger partial charge in [0.1, 0.15) is 0 Å². The molecule has 0 spiro atoms. The van der Waals surface area contributed by atoms with Gasteiger partial charge in [-0.2, -0.15) is 0 Å². The molecule has 0 aliphatic heterocycles. The van der Waals surface area contributed by atoms with Crippen molar-refractivity contribution in [2.24, 2.45) is 0 Å². The van der Waals surface area contributed by atoms with Crippen LogP contribution in [0.25, 0.3) is 11.3 Å². The summed E-state index contributed by atoms with van der Waals surface area (Å²) >= 11 is 1.56. The largest absolute Gasteiger partial charge is 0.322 e. The number of nitrogens with one attached hydrogen (secondary N) is 1. The molecule has 0 unspecified atom stereocenters. The Labute approximate surface area is 148 Å². The van der Waals surface area contributed by atoms with E-state index < -0.39 is 4.92 Å². The van der Waals surface area contributed by atoms with Crippen molar-refractivity contribution < 1.29 is 9.72 Å². The van der Waals surface area contributed by atoms with Gasteiger partial charge in [0.05, 0.1) is 15.6 Å². The number of aromatic nitrogens is 1. The summed E-state index contributed by atoms with van der Waals surface area (Å²) in [5, 5.41) is 16.8. The number of amides is 1. The fourth-order valence-corrected chi connectivity index (χ4v) is 3.14. The molecule has 126 valence electrons. The van der Waals surface area contributed by atoms with Crippen LogP contribution in [0.2, 0.25) is 0 Å². The van der Waals surface area contributed by atoms with Gasteiger partial charge in [-0.05, 0) is 32.0 Å². The zero-order chi connectivity index (χ0) is 18.0. The number of nitro groups is 1. The van der Waals surface area contributed by atoms with E-state index in [9.17, 15) is 14.9 Å². The molecule has 6 nitrogen and oxygen atoms in total. The number of carbonyl (C=O) groups is 1. The maximum atomic E-state index is 12.5. The highest BCUT2D eigenvalue weighted by atomic mass is 32.1. The lowest BCUT2D eigenvalue weighted by atomic mass is 10.1. The Balaban J connectivity index is 1.87. The lowest BCUT2D eigenvalue weighted by molar-refractivity contribution is -0.385. The van der Waals surface area contributed by atoms with Crippen LogP contribution in [0, 0.1) is 24.0 Å². The first-order valence-corrected chi connectivity index (χ1v) is 8.41. The van der Waals surface area contributed by atoms with Crippen molar-refractivity contribution >= 4 is 28.6 Å². The Morgan fingerprint density at radius 1 is 1.20 bits per heavy atom. The van der Waals surface area contributed by atoms with E-state index in [1.165, 1.54) is 12.1 Å². The minimum atomic E-state index is -0.489. The number of aryl methyl sites for hydroxylation is 1. The summed E-state index contributed by atoms with van der Waals surface area (Å²) in [6, 6.07) is 11.8. The lowest BCUT2D eigenvalue weighted by Crippen LogP contribution is -2.14. The summed E-state index contributed by atoms with van der Waals surface area (Å²) in [7, 11) is 0. The monoisotopic (exact) mass is 353 g/mol. The van der Waals surface area contributed by atoms with Crippen LogP contribution in [0.4, 0.5) is 11.4 Å². The first-order chi connectivity index (χ1) is 12.0. The quantitative estimate of drug-likeness (QED) is 0.549. The number of anilines is 1. The van der Waals surface area contributed by atoms with Crippen LogP contribution in [-0.4, -0.2) is 15.8 Å². The second-order valence-corrected chi connectivity index (χ2v) is 6.56. The molecule has 0 saturated heterocycles. The molecule has 0 atom stereocenters. The lowest BCUT2D eigenvalue weighted by Gasteiger charge is -2.09. The molecule has 0 fully saturated rings. The van der Waals surface area contributed by atoms with Crippen molar-refractivity contribution in [1.29, 1.82) is 0 Å². The maximum absolute atomic E-state index is 12.5. The average molecular weight is 353 g/mol. The minimum absolute atomic E-state index is 0.0700. The normalized spacial score (nSPS) is 10.5. The summed E-state index contributed by atoms with van der Waals surface area (Å²) < 4.78 is 0. The number of hydrogen-bond acceptors (Lipinski definition) is 5. The third-order valence-corrected chi connectivity index (χ3v) is 4.56. The smallest absolute Gasteiger partial charge is 0.273 e. The van der Waals surface area contributed by atoms with E-state index in [1.807, 2.05) is 30.5 Å². The molecule has 2 aromatic carbocycles. The Kier molecular flexibility index (Phi) is 4.58. The summed E-state index contributed by atoms with van der Waals surface area (Å²) in [4.78, 5) is 27.5. The molecular formula is C18H15N3O3S. The standard InChI is InChI=1S/C18H15N3O3S/c1-11-15(7-4-8-17(11)21(23)24)18(22)20-14-6-3-5-13(9-14)16-10-25-12(2)19-16/h3-10H,1-2H3,(H,20,22). The highest BCUT2D eigenvalue weighted by Gasteiger charge is 2.18. The molecule has 25 heavy (non-hydrogen) atoms. The van der Waals surface area contributed by atoms with Gasteiger partial charge >= 0.3 is 0 Å². The van der Waals surface area contributed by atoms with Crippen LogP contribution in [0.15, 0.2) is 47.8 Å². The van der Waals surface area contributed by atoms with Crippen molar-refractivity contribution in [3.05, 3.63) is 74.1 Å². The third-order valence-electron chi connectivity index (χ3n) is 3.78. The number of rotatable bonds is 4. The summed E-state index contributed by atoms with van der Waals surface area (Å²) in [5.74, 6) is -0.382. The Hall–Kier alpha value is -3.06. The van der Waals surface area contributed by atoms with Crippen LogP contribution < -0.4 is 5.32 Å². The fraction of sp³-hybridized carbons (Fsp3) is 0.111. The van der Waals surface area contributed by atoms with Crippen LogP contribution in [0.1, 0.15) is 20.9 Å². The van der Waals surface area contributed by atoms with E-state index >= 15 is 0 Å². The van der Waals surface area contributed by atoms with E-state index in [4.69, 9.17) is 0 Å². The van der Waals surface area contributed by atoms with Crippen LogP contribution >= 0.6 is 11.3 Å². The molecule has 1 N–H and O–H groups in total. The van der Waals surface area contributed by atoms with Crippen molar-refractivity contribution in [1.82, 2.24) is 4.98 Å². The third kappa shape index (κ3) is 3.56. The highest BCUT2D eigenvalue weighted by Crippen LogP contribution is 2.25.